The minimum atomic E-state index is -0.444. The number of hydrogen-bond acceptors (Lipinski definition) is 4. The molecular weight excluding hydrogens is 383 g/mol. The monoisotopic (exact) mass is 404 g/mol. The number of amides is 2. The fraction of sp³-hybridized carbons (Fsp3) is 0.174. The van der Waals surface area contributed by atoms with Crippen LogP contribution in [0.3, 0.4) is 0 Å². The van der Waals surface area contributed by atoms with Gasteiger partial charge in [-0.2, -0.15) is 4.98 Å². The van der Waals surface area contributed by atoms with Gasteiger partial charge in [0, 0.05) is 17.8 Å². The first-order chi connectivity index (χ1) is 14.5. The summed E-state index contributed by atoms with van der Waals surface area (Å²) in [5, 5.41) is 7.09. The average molecular weight is 404 g/mol. The maximum Gasteiger partial charge on any atom is 0.322 e. The summed E-state index contributed by atoms with van der Waals surface area (Å²) in [6.07, 6.45) is 1.66. The number of nitrogens with zero attached hydrogens (tertiary/aromatic N) is 3. The lowest BCUT2D eigenvalue weighted by molar-refractivity contribution is 0.209. The summed E-state index contributed by atoms with van der Waals surface area (Å²) in [6.45, 7) is 7.93. The molecule has 1 aromatic heterocycles. The van der Waals surface area contributed by atoms with E-state index in [0.717, 1.165) is 11.1 Å². The predicted molar refractivity (Wildman–Crippen MR) is 112 cm³/mol. The Morgan fingerprint density at radius 3 is 2.53 bits per heavy atom. The number of nitrogens with one attached hydrogen (secondary N) is 1. The minimum absolute atomic E-state index is 0.222. The molecule has 2 aromatic carbocycles. The van der Waals surface area contributed by atoms with E-state index in [1.165, 1.54) is 12.1 Å². The molecular formula is C23H21FN4O2. The maximum absolute atomic E-state index is 13.2. The van der Waals surface area contributed by atoms with Crippen molar-refractivity contribution in [3.05, 3.63) is 89.7 Å². The number of carbonyl (C=O) groups is 1. The van der Waals surface area contributed by atoms with Gasteiger partial charge in [0.15, 0.2) is 0 Å². The van der Waals surface area contributed by atoms with Crippen molar-refractivity contribution in [2.45, 2.75) is 19.9 Å². The van der Waals surface area contributed by atoms with Gasteiger partial charge in [0.2, 0.25) is 5.82 Å². The fourth-order valence-corrected chi connectivity index (χ4v) is 3.47. The first kappa shape index (κ1) is 19.6. The van der Waals surface area contributed by atoms with E-state index in [4.69, 9.17) is 4.52 Å². The minimum Gasteiger partial charge on any atom is -0.334 e. The molecule has 3 aromatic rings. The smallest absolute Gasteiger partial charge is 0.322 e. The molecule has 0 saturated carbocycles. The van der Waals surface area contributed by atoms with Gasteiger partial charge in [-0.1, -0.05) is 41.1 Å². The third kappa shape index (κ3) is 3.61. The van der Waals surface area contributed by atoms with E-state index in [2.05, 4.69) is 22.0 Å². The summed E-state index contributed by atoms with van der Waals surface area (Å²) in [6, 6.07) is 13.1. The van der Waals surface area contributed by atoms with Crippen molar-refractivity contribution in [1.29, 1.82) is 0 Å². The highest BCUT2D eigenvalue weighted by Crippen LogP contribution is 2.37. The molecule has 2 heterocycles. The van der Waals surface area contributed by atoms with Crippen molar-refractivity contribution >= 4 is 11.6 Å². The summed E-state index contributed by atoms with van der Waals surface area (Å²) in [7, 11) is 0. The van der Waals surface area contributed by atoms with Crippen molar-refractivity contribution in [1.82, 2.24) is 20.4 Å². The standard InChI is InChI=1S/C23H21FN4O2/c1-4-13-28-15(3)19(20(25-23(28)29)16-7-5-14(2)6-8-16)22-26-21(27-30-22)17-9-11-18(24)12-10-17/h4-12,20H,1,13H2,2-3H3,(H,25,29). The zero-order chi connectivity index (χ0) is 21.3. The van der Waals surface area contributed by atoms with Crippen molar-refractivity contribution in [2.75, 3.05) is 6.54 Å². The van der Waals surface area contributed by atoms with Gasteiger partial charge in [-0.05, 0) is 43.7 Å². The van der Waals surface area contributed by atoms with Crippen LogP contribution in [0.1, 0.15) is 30.0 Å². The van der Waals surface area contributed by atoms with E-state index in [1.807, 2.05) is 38.1 Å². The van der Waals surface area contributed by atoms with Crippen LogP contribution in [0.4, 0.5) is 9.18 Å². The summed E-state index contributed by atoms with van der Waals surface area (Å²) in [5.74, 6) is 0.308. The molecule has 1 aliphatic rings. The molecule has 0 bridgehead atoms. The second-order valence-corrected chi connectivity index (χ2v) is 7.12. The number of benzene rings is 2. The third-order valence-electron chi connectivity index (χ3n) is 5.08. The van der Waals surface area contributed by atoms with E-state index in [1.54, 1.807) is 23.1 Å². The van der Waals surface area contributed by atoms with E-state index in [-0.39, 0.29) is 11.8 Å². The molecule has 0 spiro atoms. The Morgan fingerprint density at radius 2 is 1.87 bits per heavy atom. The topological polar surface area (TPSA) is 71.3 Å². The Hall–Kier alpha value is -3.74. The van der Waals surface area contributed by atoms with Crippen molar-refractivity contribution < 1.29 is 13.7 Å². The van der Waals surface area contributed by atoms with Gasteiger partial charge in [0.1, 0.15) is 5.82 Å². The quantitative estimate of drug-likeness (QED) is 0.616. The fourth-order valence-electron chi connectivity index (χ4n) is 3.47. The summed E-state index contributed by atoms with van der Waals surface area (Å²) < 4.78 is 18.8. The highest BCUT2D eigenvalue weighted by Gasteiger charge is 2.35. The van der Waals surface area contributed by atoms with Gasteiger partial charge in [-0.25, -0.2) is 9.18 Å². The average Bonchev–Trinajstić information content (AvgIpc) is 3.21. The highest BCUT2D eigenvalue weighted by molar-refractivity contribution is 5.87. The Morgan fingerprint density at radius 1 is 1.17 bits per heavy atom. The largest absolute Gasteiger partial charge is 0.334 e. The van der Waals surface area contributed by atoms with Crippen LogP contribution in [-0.2, 0) is 0 Å². The van der Waals surface area contributed by atoms with Crippen LogP contribution in [-0.4, -0.2) is 27.6 Å². The molecule has 4 rings (SSSR count). The van der Waals surface area contributed by atoms with Crippen molar-refractivity contribution in [3.8, 4) is 11.4 Å². The van der Waals surface area contributed by atoms with E-state index < -0.39 is 6.04 Å². The normalized spacial score (nSPS) is 16.6. The van der Waals surface area contributed by atoms with Gasteiger partial charge in [-0.3, -0.25) is 4.90 Å². The Kier molecular flexibility index (Phi) is 5.18. The molecule has 1 aliphatic heterocycles. The Balaban J connectivity index is 1.81. The maximum atomic E-state index is 13.2. The molecule has 1 N–H and O–H groups in total. The zero-order valence-corrected chi connectivity index (χ0v) is 16.7. The van der Waals surface area contributed by atoms with Crippen LogP contribution in [0.15, 0.2) is 71.4 Å². The van der Waals surface area contributed by atoms with Crippen molar-refractivity contribution in [3.63, 3.8) is 0 Å². The number of carbonyl (C=O) groups excluding carboxylic acids is 1. The van der Waals surface area contributed by atoms with Gasteiger partial charge < -0.3 is 9.84 Å². The van der Waals surface area contributed by atoms with Crippen molar-refractivity contribution in [2.24, 2.45) is 0 Å². The van der Waals surface area contributed by atoms with Crippen LogP contribution in [0, 0.1) is 12.7 Å². The van der Waals surface area contributed by atoms with Crippen LogP contribution < -0.4 is 5.32 Å². The molecule has 0 fully saturated rings. The van der Waals surface area contributed by atoms with Gasteiger partial charge in [0.25, 0.3) is 5.89 Å². The first-order valence-corrected chi connectivity index (χ1v) is 9.54. The van der Waals surface area contributed by atoms with Gasteiger partial charge >= 0.3 is 6.03 Å². The number of allylic oxidation sites excluding steroid dienone is 1. The van der Waals surface area contributed by atoms with Gasteiger partial charge in [0.05, 0.1) is 11.6 Å². The number of urea groups is 1. The number of hydrogen-bond donors (Lipinski definition) is 1. The molecule has 1 unspecified atom stereocenters. The lowest BCUT2D eigenvalue weighted by Gasteiger charge is -2.34. The second kappa shape index (κ2) is 7.94. The molecule has 30 heavy (non-hydrogen) atoms. The lowest BCUT2D eigenvalue weighted by Crippen LogP contribution is -2.46. The van der Waals surface area contributed by atoms with Crippen LogP contribution in [0.5, 0.6) is 0 Å². The molecule has 0 aliphatic carbocycles. The number of aryl methyl sites for hydroxylation is 1. The lowest BCUT2D eigenvalue weighted by atomic mass is 9.94. The van der Waals surface area contributed by atoms with E-state index in [0.29, 0.717) is 35.1 Å². The zero-order valence-electron chi connectivity index (χ0n) is 16.7. The number of aromatic nitrogens is 2. The summed E-state index contributed by atoms with van der Waals surface area (Å²) in [5.41, 5.74) is 4.08. The first-order valence-electron chi connectivity index (χ1n) is 9.54. The summed E-state index contributed by atoms with van der Waals surface area (Å²) >= 11 is 0. The molecule has 7 heteroatoms. The molecule has 0 saturated heterocycles. The van der Waals surface area contributed by atoms with Crippen LogP contribution in [0.25, 0.3) is 17.0 Å². The third-order valence-corrected chi connectivity index (χ3v) is 5.08. The Labute approximate surface area is 173 Å². The molecule has 2 amide bonds. The van der Waals surface area contributed by atoms with Crippen LogP contribution in [0.2, 0.25) is 0 Å². The SMILES string of the molecule is C=CCN1C(=O)NC(c2ccc(C)cc2)C(c2nc(-c3ccc(F)cc3)no2)=C1C. The number of halogens is 1. The highest BCUT2D eigenvalue weighted by atomic mass is 19.1. The molecule has 1 atom stereocenters. The van der Waals surface area contributed by atoms with E-state index >= 15 is 0 Å². The van der Waals surface area contributed by atoms with E-state index in [9.17, 15) is 9.18 Å². The Bertz CT molecular complexity index is 1120. The van der Waals surface area contributed by atoms with Crippen LogP contribution >= 0.6 is 0 Å². The second-order valence-electron chi connectivity index (χ2n) is 7.12. The molecule has 6 nitrogen and oxygen atoms in total. The predicted octanol–water partition coefficient (Wildman–Crippen LogP) is 4.87. The molecule has 152 valence electrons. The number of rotatable bonds is 5. The summed E-state index contributed by atoms with van der Waals surface area (Å²) in [4.78, 5) is 18.8. The van der Waals surface area contributed by atoms with Gasteiger partial charge in [-0.15, -0.1) is 6.58 Å². The molecule has 0 radical (unpaired) electrons.